The molecule has 2 fully saturated rings. The van der Waals surface area contributed by atoms with Gasteiger partial charge in [0.25, 0.3) is 11.8 Å². The van der Waals surface area contributed by atoms with Crippen LogP contribution in [0.1, 0.15) is 39.1 Å². The van der Waals surface area contributed by atoms with Crippen LogP contribution in [0.3, 0.4) is 0 Å². The third-order valence-corrected chi connectivity index (χ3v) is 8.41. The second-order valence-electron chi connectivity index (χ2n) is 9.06. The number of fused-ring (bicyclic) bond motifs is 2. The number of hydrogen-bond acceptors (Lipinski definition) is 9. The number of imide groups is 2. The zero-order valence-electron chi connectivity index (χ0n) is 19.1. The molecule has 1 unspecified atom stereocenters. The highest BCUT2D eigenvalue weighted by Crippen LogP contribution is 2.34. The molecule has 0 spiro atoms. The molecule has 2 saturated heterocycles. The van der Waals surface area contributed by atoms with Crippen LogP contribution in [0.15, 0.2) is 34.4 Å². The van der Waals surface area contributed by atoms with Crippen molar-refractivity contribution in [3.8, 4) is 0 Å². The van der Waals surface area contributed by atoms with Crippen molar-refractivity contribution in [2.75, 3.05) is 31.1 Å². The summed E-state index contributed by atoms with van der Waals surface area (Å²) >= 11 is 5.12. The van der Waals surface area contributed by atoms with Gasteiger partial charge in [0.05, 0.1) is 20.3 Å². The molecule has 4 amide bonds. The Balaban J connectivity index is 1.14. The number of halogens is 1. The molecule has 0 bridgehead atoms. The van der Waals surface area contributed by atoms with Crippen LogP contribution in [0.2, 0.25) is 0 Å². The summed E-state index contributed by atoms with van der Waals surface area (Å²) in [7, 11) is 0. The van der Waals surface area contributed by atoms with E-state index in [1.165, 1.54) is 0 Å². The molecule has 36 heavy (non-hydrogen) atoms. The first kappa shape index (κ1) is 23.2. The number of nitrogens with zero attached hydrogens (tertiary/aromatic N) is 5. The number of thiophene rings is 1. The van der Waals surface area contributed by atoms with E-state index in [1.54, 1.807) is 29.8 Å². The van der Waals surface area contributed by atoms with Gasteiger partial charge in [0.1, 0.15) is 23.0 Å². The monoisotopic (exact) mass is 568 g/mol. The number of aromatic nitrogens is 2. The minimum Gasteiger partial charge on any atom is -0.353 e. The van der Waals surface area contributed by atoms with Crippen molar-refractivity contribution in [1.29, 1.82) is 0 Å². The summed E-state index contributed by atoms with van der Waals surface area (Å²) in [6.45, 7) is 3.91. The van der Waals surface area contributed by atoms with Crippen molar-refractivity contribution in [2.24, 2.45) is 0 Å². The Morgan fingerprint density at radius 2 is 1.78 bits per heavy atom. The van der Waals surface area contributed by atoms with E-state index in [4.69, 9.17) is 0 Å². The molecular weight excluding hydrogens is 548 g/mol. The van der Waals surface area contributed by atoms with Gasteiger partial charge in [0.15, 0.2) is 0 Å². The van der Waals surface area contributed by atoms with Crippen LogP contribution < -0.4 is 10.2 Å². The number of benzene rings is 1. The number of rotatable bonds is 4. The summed E-state index contributed by atoms with van der Waals surface area (Å²) in [5, 5.41) is 3.27. The molecule has 1 atom stereocenters. The number of carbonyl (C=O) groups excluding carboxylic acids is 4. The molecule has 3 aliphatic rings. The molecule has 10 nitrogen and oxygen atoms in total. The van der Waals surface area contributed by atoms with E-state index in [2.05, 4.69) is 47.1 Å². The van der Waals surface area contributed by atoms with E-state index in [-0.39, 0.29) is 18.7 Å². The molecule has 184 valence electrons. The first-order valence-electron chi connectivity index (χ1n) is 11.6. The predicted molar refractivity (Wildman–Crippen MR) is 136 cm³/mol. The fourth-order valence-electron chi connectivity index (χ4n) is 5.06. The van der Waals surface area contributed by atoms with Crippen LogP contribution in [-0.4, -0.2) is 75.6 Å². The molecule has 0 saturated carbocycles. The summed E-state index contributed by atoms with van der Waals surface area (Å²) < 4.78 is 1.03. The topological polar surface area (TPSA) is 116 Å². The molecule has 0 aliphatic carbocycles. The van der Waals surface area contributed by atoms with Crippen LogP contribution in [-0.2, 0) is 16.1 Å². The van der Waals surface area contributed by atoms with Crippen molar-refractivity contribution < 1.29 is 19.2 Å². The standard InChI is InChI=1S/C24H21BrN6O4S/c25-18-10-16-20(26-12-27-22(16)36-18)30-7-5-29(6-8-30)11-13-1-2-14-15(9-13)24(35)31(23(14)34)17-3-4-19(32)28-21(17)33/h1-2,9-10,12,17H,3-8,11H2,(H,28,32,33). The second kappa shape index (κ2) is 9.02. The fourth-order valence-corrected chi connectivity index (χ4v) is 6.47. The first-order valence-corrected chi connectivity index (χ1v) is 13.2. The number of amides is 4. The van der Waals surface area contributed by atoms with Gasteiger partial charge in [-0.1, -0.05) is 6.07 Å². The lowest BCUT2D eigenvalue weighted by Gasteiger charge is -2.35. The van der Waals surface area contributed by atoms with Gasteiger partial charge in [0, 0.05) is 39.1 Å². The van der Waals surface area contributed by atoms with E-state index in [9.17, 15) is 19.2 Å². The van der Waals surface area contributed by atoms with Crippen LogP contribution in [0.4, 0.5) is 5.82 Å². The maximum atomic E-state index is 13.1. The lowest BCUT2D eigenvalue weighted by molar-refractivity contribution is -0.136. The highest BCUT2D eigenvalue weighted by atomic mass is 79.9. The normalized spacial score (nSPS) is 20.9. The summed E-state index contributed by atoms with van der Waals surface area (Å²) in [6, 6.07) is 6.39. The highest BCUT2D eigenvalue weighted by Gasteiger charge is 2.44. The lowest BCUT2D eigenvalue weighted by atomic mass is 10.0. The Labute approximate surface area is 218 Å². The van der Waals surface area contributed by atoms with Gasteiger partial charge in [0.2, 0.25) is 11.8 Å². The van der Waals surface area contributed by atoms with Gasteiger partial charge in [-0.25, -0.2) is 9.97 Å². The molecule has 6 rings (SSSR count). The molecule has 0 radical (unpaired) electrons. The van der Waals surface area contributed by atoms with Gasteiger partial charge < -0.3 is 4.90 Å². The summed E-state index contributed by atoms with van der Waals surface area (Å²) in [6.07, 6.45) is 1.85. The molecule has 1 aromatic carbocycles. The minimum atomic E-state index is -0.955. The van der Waals surface area contributed by atoms with Crippen LogP contribution in [0.5, 0.6) is 0 Å². The largest absolute Gasteiger partial charge is 0.353 e. The van der Waals surface area contributed by atoms with Gasteiger partial charge in [-0.15, -0.1) is 11.3 Å². The minimum absolute atomic E-state index is 0.102. The molecule has 3 aliphatic heterocycles. The molecule has 1 N–H and O–H groups in total. The first-order chi connectivity index (χ1) is 17.4. The van der Waals surface area contributed by atoms with Gasteiger partial charge in [-0.05, 0) is 46.1 Å². The van der Waals surface area contributed by atoms with Crippen molar-refractivity contribution in [1.82, 2.24) is 25.1 Å². The lowest BCUT2D eigenvalue weighted by Crippen LogP contribution is -2.54. The molecule has 5 heterocycles. The summed E-state index contributed by atoms with van der Waals surface area (Å²) in [4.78, 5) is 65.2. The maximum absolute atomic E-state index is 13.1. The molecular formula is C24H21BrN6O4S. The zero-order valence-corrected chi connectivity index (χ0v) is 21.5. The van der Waals surface area contributed by atoms with Crippen LogP contribution >= 0.6 is 27.3 Å². The number of anilines is 1. The number of carbonyl (C=O) groups is 4. The van der Waals surface area contributed by atoms with E-state index in [0.717, 1.165) is 56.5 Å². The Morgan fingerprint density at radius 3 is 2.56 bits per heavy atom. The third-order valence-electron chi connectivity index (χ3n) is 6.86. The van der Waals surface area contributed by atoms with Crippen molar-refractivity contribution in [3.63, 3.8) is 0 Å². The SMILES string of the molecule is O=C1CCC(N2C(=O)c3ccc(CN4CCN(c5ncnc6sc(Br)cc56)CC4)cc3C2=O)C(=O)N1. The number of hydrogen-bond donors (Lipinski definition) is 1. The molecule has 3 aromatic rings. The van der Waals surface area contributed by atoms with E-state index in [1.807, 2.05) is 6.07 Å². The quantitative estimate of drug-likeness (QED) is 0.476. The maximum Gasteiger partial charge on any atom is 0.262 e. The Kier molecular flexibility index (Phi) is 5.81. The number of piperazine rings is 1. The van der Waals surface area contributed by atoms with E-state index in [0.29, 0.717) is 17.7 Å². The second-order valence-corrected chi connectivity index (χ2v) is 11.5. The Bertz CT molecular complexity index is 1430. The zero-order chi connectivity index (χ0) is 25.0. The summed E-state index contributed by atoms with van der Waals surface area (Å²) in [5.41, 5.74) is 1.54. The van der Waals surface area contributed by atoms with Gasteiger partial charge >= 0.3 is 0 Å². The molecule has 2 aromatic heterocycles. The summed E-state index contributed by atoms with van der Waals surface area (Å²) in [5.74, 6) is -1.01. The van der Waals surface area contributed by atoms with Crippen LogP contribution in [0, 0.1) is 0 Å². The average molecular weight is 569 g/mol. The third kappa shape index (κ3) is 3.98. The highest BCUT2D eigenvalue weighted by molar-refractivity contribution is 9.11. The van der Waals surface area contributed by atoms with Crippen molar-refractivity contribution in [3.05, 3.63) is 51.1 Å². The van der Waals surface area contributed by atoms with E-state index >= 15 is 0 Å². The average Bonchev–Trinajstić information content (AvgIpc) is 3.36. The van der Waals surface area contributed by atoms with Crippen LogP contribution in [0.25, 0.3) is 10.2 Å². The van der Waals surface area contributed by atoms with Gasteiger partial charge in [-0.2, -0.15) is 0 Å². The molecule has 12 heteroatoms. The van der Waals surface area contributed by atoms with Crippen molar-refractivity contribution in [2.45, 2.75) is 25.4 Å². The fraction of sp³-hybridized carbons (Fsp3) is 0.333. The smallest absolute Gasteiger partial charge is 0.262 e. The Hall–Kier alpha value is -3.22. The Morgan fingerprint density at radius 1 is 1.00 bits per heavy atom. The number of nitrogens with one attached hydrogen (secondary N) is 1. The van der Waals surface area contributed by atoms with Crippen molar-refractivity contribution >= 4 is 66.9 Å². The van der Waals surface area contributed by atoms with E-state index < -0.39 is 23.8 Å². The predicted octanol–water partition coefficient (Wildman–Crippen LogP) is 2.18. The number of piperidine rings is 1. The van der Waals surface area contributed by atoms with Gasteiger partial charge in [-0.3, -0.25) is 34.3 Å².